The Balaban J connectivity index is 0.00000169. The van der Waals surface area contributed by atoms with Crippen LogP contribution in [0.2, 0.25) is 0 Å². The van der Waals surface area contributed by atoms with Crippen molar-refractivity contribution in [2.24, 2.45) is 0 Å². The molecule has 0 bridgehead atoms. The molecule has 0 radical (unpaired) electrons. The van der Waals surface area contributed by atoms with E-state index in [9.17, 15) is 0 Å². The minimum absolute atomic E-state index is 0. The molecule has 236 valence electrons. The van der Waals surface area contributed by atoms with Gasteiger partial charge in [-0.2, -0.15) is 0 Å². The molecule has 2 aliphatic carbocycles. The van der Waals surface area contributed by atoms with Gasteiger partial charge in [0.25, 0.3) is 0 Å². The maximum atomic E-state index is 2.48. The summed E-state index contributed by atoms with van der Waals surface area (Å²) in [6.45, 7) is 9.73. The molecule has 2 aromatic heterocycles. The molecule has 7 heteroatoms. The Kier molecular flexibility index (Phi) is 15.0. The molecule has 4 aromatic rings. The molecule has 0 amide bonds. The van der Waals surface area contributed by atoms with Crippen LogP contribution in [0.4, 0.5) is 0 Å². The summed E-state index contributed by atoms with van der Waals surface area (Å²) in [5.41, 5.74) is 5.12. The third kappa shape index (κ3) is 7.92. The zero-order valence-corrected chi connectivity index (χ0v) is 32.3. The molecule has 2 aromatic carbocycles. The summed E-state index contributed by atoms with van der Waals surface area (Å²) in [5.74, 6) is 0. The fraction of sp³-hybridized carbons (Fsp3) is 0.444. The average molecular weight is 780 g/mol. The Labute approximate surface area is 297 Å². The largest absolute Gasteiger partial charge is 1.00 e. The molecule has 43 heavy (non-hydrogen) atoms. The molecule has 0 saturated heterocycles. The van der Waals surface area contributed by atoms with Gasteiger partial charge in [-0.25, -0.2) is 0 Å². The minimum atomic E-state index is -0.632. The second-order valence-corrected chi connectivity index (χ2v) is 19.6. The van der Waals surface area contributed by atoms with E-state index in [0.717, 1.165) is 11.3 Å². The van der Waals surface area contributed by atoms with E-state index in [1.807, 2.05) is 16.6 Å². The van der Waals surface area contributed by atoms with E-state index in [0.29, 0.717) is 0 Å². The normalized spacial score (nSPS) is 16.0. The van der Waals surface area contributed by atoms with Crippen LogP contribution in [-0.2, 0) is 20.4 Å². The topological polar surface area (TPSA) is 0 Å². The van der Waals surface area contributed by atoms with Gasteiger partial charge in [0.2, 0.25) is 0 Å². The Morgan fingerprint density at radius 2 is 0.884 bits per heavy atom. The summed E-state index contributed by atoms with van der Waals surface area (Å²) in [6.07, 6.45) is 14.5. The van der Waals surface area contributed by atoms with Gasteiger partial charge in [0.05, 0.1) is 0 Å². The van der Waals surface area contributed by atoms with Crippen LogP contribution in [0.25, 0.3) is 11.1 Å². The average Bonchev–Trinajstić information content (AvgIpc) is 3.43. The zero-order chi connectivity index (χ0) is 27.6. The molecule has 0 nitrogen and oxygen atoms in total. The van der Waals surface area contributed by atoms with E-state index in [1.165, 1.54) is 84.6 Å². The molecule has 0 N–H and O–H groups in total. The Morgan fingerprint density at radius 3 is 1.30 bits per heavy atom. The van der Waals surface area contributed by atoms with Crippen molar-refractivity contribution >= 4 is 59.7 Å². The summed E-state index contributed by atoms with van der Waals surface area (Å²) in [5, 5.41) is 6.39. The number of rotatable bonds is 7. The Morgan fingerprint density at radius 1 is 0.512 bits per heavy atom. The van der Waals surface area contributed by atoms with Crippen LogP contribution in [0, 0.1) is 27.7 Å². The van der Waals surface area contributed by atoms with Crippen LogP contribution in [0.3, 0.4) is 0 Å². The molecule has 0 atom stereocenters. The quantitative estimate of drug-likeness (QED) is 0.195. The first-order valence-electron chi connectivity index (χ1n) is 15.4. The third-order valence-corrected chi connectivity index (χ3v) is 17.8. The van der Waals surface area contributed by atoms with Gasteiger partial charge in [-0.1, -0.05) is 107 Å². The van der Waals surface area contributed by atoms with Gasteiger partial charge < -0.3 is 24.8 Å². The van der Waals surface area contributed by atoms with Gasteiger partial charge in [0, 0.05) is 56.4 Å². The fourth-order valence-electron chi connectivity index (χ4n) is 7.46. The number of hydrogen-bond donors (Lipinski definition) is 0. The van der Waals surface area contributed by atoms with Gasteiger partial charge >= 0.3 is 0 Å². The summed E-state index contributed by atoms with van der Waals surface area (Å²) >= 11 is 4.15. The smallest absolute Gasteiger partial charge is 0.0107 e. The first kappa shape index (κ1) is 37.4. The van der Waals surface area contributed by atoms with Crippen LogP contribution < -0.4 is 46.0 Å². The number of hydrogen-bond acceptors (Lipinski definition) is 2. The van der Waals surface area contributed by atoms with E-state index < -0.39 is 7.92 Å². The van der Waals surface area contributed by atoms with E-state index in [1.54, 1.807) is 26.2 Å². The van der Waals surface area contributed by atoms with Gasteiger partial charge in [0.1, 0.15) is 0 Å². The molecular formula is C36H44Cl2P2PdS2-2. The standard InChI is InChI=1S/C36H44P2S2.2ClH.Pd/c1-25-33(35(27(3)39-25)37(29-17-9-5-10-18-29)30-19-11-6-12-20-30)34-26(2)40-28(4)36(34)38(31-21-13-7-14-22-31)32-23-15-8-16-24-32;;;/h5-6,9-12,17-20,31-32H,7-8,13-16,21-24H2,1-4H3;2*1H;/p-2. The molecule has 2 aliphatic rings. The molecule has 6 rings (SSSR count). The van der Waals surface area contributed by atoms with Crippen molar-refractivity contribution < 1.29 is 45.2 Å². The predicted octanol–water partition coefficient (Wildman–Crippen LogP) is 4.25. The molecule has 0 unspecified atom stereocenters. The zero-order valence-electron chi connectivity index (χ0n) is 25.8. The van der Waals surface area contributed by atoms with Crippen molar-refractivity contribution in [1.29, 1.82) is 0 Å². The van der Waals surface area contributed by atoms with Gasteiger partial charge in [-0.3, -0.25) is 0 Å². The molecule has 2 heterocycles. The summed E-state index contributed by atoms with van der Waals surface area (Å²) in [4.78, 5) is 6.23. The van der Waals surface area contributed by atoms with Crippen LogP contribution in [-0.4, -0.2) is 11.3 Å². The second kappa shape index (κ2) is 17.2. The second-order valence-electron chi connectivity index (χ2n) is 11.9. The molecule has 2 saturated carbocycles. The first-order valence-corrected chi connectivity index (χ1v) is 19.9. The molecule has 0 spiro atoms. The van der Waals surface area contributed by atoms with Crippen molar-refractivity contribution in [1.82, 2.24) is 0 Å². The summed E-state index contributed by atoms with van der Waals surface area (Å²) < 4.78 is 0. The van der Waals surface area contributed by atoms with E-state index in [-0.39, 0.29) is 53.2 Å². The third-order valence-electron chi connectivity index (χ3n) is 9.15. The summed E-state index contributed by atoms with van der Waals surface area (Å²) in [6, 6.07) is 22.8. The van der Waals surface area contributed by atoms with Crippen LogP contribution >= 0.6 is 38.5 Å². The molecule has 2 fully saturated rings. The van der Waals surface area contributed by atoms with Crippen LogP contribution in [0.1, 0.15) is 83.7 Å². The van der Waals surface area contributed by atoms with Crippen molar-refractivity contribution in [2.45, 2.75) is 103 Å². The van der Waals surface area contributed by atoms with Crippen molar-refractivity contribution in [3.63, 3.8) is 0 Å². The van der Waals surface area contributed by atoms with E-state index in [2.05, 4.69) is 99.7 Å². The summed E-state index contributed by atoms with van der Waals surface area (Å²) in [7, 11) is -0.789. The molecular weight excluding hydrogens is 736 g/mol. The maximum Gasteiger partial charge on any atom is 0.0107 e. The van der Waals surface area contributed by atoms with E-state index >= 15 is 0 Å². The Bertz CT molecular complexity index is 1370. The maximum absolute atomic E-state index is 2.48. The predicted molar refractivity (Wildman–Crippen MR) is 186 cm³/mol. The number of benzene rings is 2. The van der Waals surface area contributed by atoms with Crippen LogP contribution in [0.5, 0.6) is 0 Å². The Hall–Kier alpha value is -0.0577. The fourth-order valence-corrected chi connectivity index (χ4v) is 17.0. The van der Waals surface area contributed by atoms with Gasteiger partial charge in [-0.15, -0.1) is 22.7 Å². The monoisotopic (exact) mass is 778 g/mol. The number of thiophene rings is 2. The van der Waals surface area contributed by atoms with Crippen LogP contribution in [0.15, 0.2) is 60.7 Å². The van der Waals surface area contributed by atoms with Crippen molar-refractivity contribution in [3.8, 4) is 11.1 Å². The van der Waals surface area contributed by atoms with Crippen molar-refractivity contribution in [3.05, 3.63) is 80.2 Å². The SMILES string of the molecule is Cc1sc(C)c(P(c2ccccc2)c2ccccc2)c1-c1c(C)sc(C)c1P(C1CCCCC1)C1CCCCC1.[Cl-].[Cl-].[Pd]. The van der Waals surface area contributed by atoms with E-state index in [4.69, 9.17) is 0 Å². The first-order chi connectivity index (χ1) is 19.5. The molecule has 0 aliphatic heterocycles. The van der Waals surface area contributed by atoms with Crippen molar-refractivity contribution in [2.75, 3.05) is 0 Å². The number of halogens is 2. The number of aryl methyl sites for hydroxylation is 4. The van der Waals surface area contributed by atoms with Gasteiger partial charge in [0.15, 0.2) is 0 Å². The van der Waals surface area contributed by atoms with Gasteiger partial charge in [-0.05, 0) is 88.5 Å². The minimum Gasteiger partial charge on any atom is -1.00 e.